The molecule has 4 rings (SSSR count). The molecule has 0 atom stereocenters. The Morgan fingerprint density at radius 2 is 1.56 bits per heavy atom. The lowest BCUT2D eigenvalue weighted by molar-refractivity contribution is -0.132. The molecule has 186 valence electrons. The van der Waals surface area contributed by atoms with Gasteiger partial charge in [-0.3, -0.25) is 9.59 Å². The maximum Gasteiger partial charge on any atom is 0.254 e. The number of fused-ring (bicyclic) bond motifs is 1. The highest BCUT2D eigenvalue weighted by Crippen LogP contribution is 2.19. The van der Waals surface area contributed by atoms with Gasteiger partial charge in [0.05, 0.1) is 0 Å². The monoisotopic (exact) mass is 481 g/mol. The molecule has 0 saturated heterocycles. The van der Waals surface area contributed by atoms with Gasteiger partial charge in [-0.15, -0.1) is 0 Å². The minimum absolute atomic E-state index is 0.0418. The molecule has 2 amide bonds. The van der Waals surface area contributed by atoms with E-state index in [9.17, 15) is 9.59 Å². The van der Waals surface area contributed by atoms with Crippen molar-refractivity contribution in [2.24, 2.45) is 5.92 Å². The molecule has 0 unspecified atom stereocenters. The van der Waals surface area contributed by atoms with Gasteiger partial charge in [0.2, 0.25) is 5.91 Å². The summed E-state index contributed by atoms with van der Waals surface area (Å²) in [6, 6.07) is 25.8. The first-order valence-corrected chi connectivity index (χ1v) is 12.6. The zero-order valence-corrected chi connectivity index (χ0v) is 21.4. The smallest absolute Gasteiger partial charge is 0.254 e. The van der Waals surface area contributed by atoms with Gasteiger partial charge in [0.15, 0.2) is 0 Å². The van der Waals surface area contributed by atoms with Crippen LogP contribution in [-0.4, -0.2) is 46.2 Å². The number of para-hydroxylation sites is 1. The molecule has 0 aliphatic carbocycles. The van der Waals surface area contributed by atoms with Crippen molar-refractivity contribution in [3.8, 4) is 0 Å². The average Bonchev–Trinajstić information content (AvgIpc) is 3.29. The summed E-state index contributed by atoms with van der Waals surface area (Å²) in [6.45, 7) is 7.81. The molecular weight excluding hydrogens is 446 g/mol. The lowest BCUT2D eigenvalue weighted by atomic mass is 10.1. The zero-order chi connectivity index (χ0) is 25.5. The first-order valence-electron chi connectivity index (χ1n) is 12.6. The molecular formula is C31H35N3O2. The van der Waals surface area contributed by atoms with Gasteiger partial charge in [-0.05, 0) is 48.6 Å². The molecule has 5 heteroatoms. The third-order valence-corrected chi connectivity index (χ3v) is 6.39. The van der Waals surface area contributed by atoms with Crippen LogP contribution < -0.4 is 0 Å². The van der Waals surface area contributed by atoms with E-state index in [1.165, 1.54) is 10.9 Å². The Morgan fingerprint density at radius 3 is 2.28 bits per heavy atom. The van der Waals surface area contributed by atoms with Gasteiger partial charge in [0.25, 0.3) is 5.91 Å². The summed E-state index contributed by atoms with van der Waals surface area (Å²) < 4.78 is 0. The molecule has 1 heterocycles. The second-order valence-electron chi connectivity index (χ2n) is 9.86. The number of aromatic amines is 1. The number of hydrogen-bond acceptors (Lipinski definition) is 2. The first-order chi connectivity index (χ1) is 17.4. The zero-order valence-electron chi connectivity index (χ0n) is 21.4. The normalized spacial score (nSPS) is 11.1. The van der Waals surface area contributed by atoms with E-state index in [1.54, 1.807) is 4.90 Å². The predicted octanol–water partition coefficient (Wildman–Crippen LogP) is 5.85. The van der Waals surface area contributed by atoms with Crippen molar-refractivity contribution in [3.63, 3.8) is 0 Å². The molecule has 36 heavy (non-hydrogen) atoms. The Kier molecular flexibility index (Phi) is 8.21. The minimum Gasteiger partial charge on any atom is -0.361 e. The molecule has 1 N–H and O–H groups in total. The second kappa shape index (κ2) is 11.7. The van der Waals surface area contributed by atoms with Crippen LogP contribution in [0.4, 0.5) is 0 Å². The van der Waals surface area contributed by atoms with Crippen molar-refractivity contribution in [1.29, 1.82) is 0 Å². The van der Waals surface area contributed by atoms with E-state index < -0.39 is 0 Å². The van der Waals surface area contributed by atoms with Crippen LogP contribution in [0.5, 0.6) is 0 Å². The van der Waals surface area contributed by atoms with E-state index in [4.69, 9.17) is 0 Å². The lowest BCUT2D eigenvalue weighted by Gasteiger charge is -2.29. The largest absolute Gasteiger partial charge is 0.361 e. The third kappa shape index (κ3) is 6.42. The van der Waals surface area contributed by atoms with E-state index >= 15 is 0 Å². The Morgan fingerprint density at radius 1 is 0.861 bits per heavy atom. The average molecular weight is 482 g/mol. The summed E-state index contributed by atoms with van der Waals surface area (Å²) >= 11 is 0. The van der Waals surface area contributed by atoms with Crippen LogP contribution in [0.15, 0.2) is 85.1 Å². The fourth-order valence-corrected chi connectivity index (χ4v) is 4.49. The number of hydrogen-bond donors (Lipinski definition) is 1. The molecule has 5 nitrogen and oxygen atoms in total. The molecule has 0 saturated carbocycles. The molecule has 0 radical (unpaired) electrons. The van der Waals surface area contributed by atoms with Crippen molar-refractivity contribution in [2.75, 3.05) is 19.6 Å². The minimum atomic E-state index is -0.103. The number of carbonyl (C=O) groups excluding carboxylic acids is 2. The summed E-state index contributed by atoms with van der Waals surface area (Å²) in [7, 11) is 0. The Balaban J connectivity index is 1.53. The first kappa shape index (κ1) is 25.2. The van der Waals surface area contributed by atoms with Gasteiger partial charge in [0, 0.05) is 42.3 Å². The Labute approximate surface area is 213 Å². The van der Waals surface area contributed by atoms with Crippen LogP contribution in [-0.2, 0) is 17.8 Å². The van der Waals surface area contributed by atoms with Crippen molar-refractivity contribution < 1.29 is 9.59 Å². The summed E-state index contributed by atoms with van der Waals surface area (Å²) in [4.78, 5) is 33.9. The number of nitrogens with one attached hydrogen (secondary N) is 1. The van der Waals surface area contributed by atoms with Gasteiger partial charge in [-0.25, -0.2) is 0 Å². The number of aromatic nitrogens is 1. The van der Waals surface area contributed by atoms with E-state index in [2.05, 4.69) is 31.0 Å². The van der Waals surface area contributed by atoms with Gasteiger partial charge >= 0.3 is 0 Å². The van der Waals surface area contributed by atoms with Crippen LogP contribution in [0, 0.1) is 12.8 Å². The quantitative estimate of drug-likeness (QED) is 0.309. The molecule has 4 aromatic rings. The van der Waals surface area contributed by atoms with E-state index in [0.717, 1.165) is 23.1 Å². The fourth-order valence-electron chi connectivity index (χ4n) is 4.49. The standard InChI is InChI=1S/C31H35N3O2/c1-23(2)20-34(31(36)26-15-13-24(3)14-16-26)22-30(35)33(21-25-9-5-4-6-10-25)18-17-27-19-32-29-12-8-7-11-28(27)29/h4-16,19,23,32H,17-18,20-22H2,1-3H3. The maximum absolute atomic E-state index is 13.7. The molecule has 0 fully saturated rings. The highest BCUT2D eigenvalue weighted by Gasteiger charge is 2.23. The fraction of sp³-hybridized carbons (Fsp3) is 0.290. The number of nitrogens with zero attached hydrogens (tertiary/aromatic N) is 2. The van der Waals surface area contributed by atoms with Gasteiger partial charge in [0.1, 0.15) is 6.54 Å². The summed E-state index contributed by atoms with van der Waals surface area (Å²) in [5.74, 6) is 0.106. The molecule has 0 aliphatic rings. The van der Waals surface area contributed by atoms with Crippen molar-refractivity contribution in [2.45, 2.75) is 33.7 Å². The Hall–Kier alpha value is -3.86. The van der Waals surface area contributed by atoms with Crippen LogP contribution in [0.2, 0.25) is 0 Å². The molecule has 0 spiro atoms. The molecule has 0 bridgehead atoms. The van der Waals surface area contributed by atoms with Crippen LogP contribution in [0.25, 0.3) is 10.9 Å². The van der Waals surface area contributed by atoms with Crippen LogP contribution >= 0.6 is 0 Å². The third-order valence-electron chi connectivity index (χ3n) is 6.39. The number of rotatable bonds is 10. The lowest BCUT2D eigenvalue weighted by Crippen LogP contribution is -2.44. The van der Waals surface area contributed by atoms with Gasteiger partial charge in [-0.1, -0.05) is 80.1 Å². The van der Waals surface area contributed by atoms with Crippen LogP contribution in [0.3, 0.4) is 0 Å². The predicted molar refractivity (Wildman–Crippen MR) is 146 cm³/mol. The number of amides is 2. The van der Waals surface area contributed by atoms with Crippen LogP contribution in [0.1, 0.15) is 40.9 Å². The topological polar surface area (TPSA) is 56.4 Å². The molecule has 0 aliphatic heterocycles. The SMILES string of the molecule is Cc1ccc(C(=O)N(CC(=O)N(CCc2c[nH]c3ccccc23)Cc2ccccc2)CC(C)C)cc1. The molecule has 3 aromatic carbocycles. The summed E-state index contributed by atoms with van der Waals surface area (Å²) in [5.41, 5.74) is 5.07. The Bertz CT molecular complexity index is 1290. The second-order valence-corrected chi connectivity index (χ2v) is 9.86. The van der Waals surface area contributed by atoms with Crippen molar-refractivity contribution >= 4 is 22.7 Å². The van der Waals surface area contributed by atoms with E-state index in [0.29, 0.717) is 25.2 Å². The highest BCUT2D eigenvalue weighted by molar-refractivity contribution is 5.96. The van der Waals surface area contributed by atoms with Crippen molar-refractivity contribution in [1.82, 2.24) is 14.8 Å². The number of benzene rings is 3. The van der Waals surface area contributed by atoms with Gasteiger partial charge in [-0.2, -0.15) is 0 Å². The number of carbonyl (C=O) groups is 2. The number of H-pyrrole nitrogens is 1. The highest BCUT2D eigenvalue weighted by atomic mass is 16.2. The maximum atomic E-state index is 13.7. The summed E-state index contributed by atoms with van der Waals surface area (Å²) in [5, 5.41) is 1.18. The van der Waals surface area contributed by atoms with E-state index in [1.807, 2.05) is 84.8 Å². The van der Waals surface area contributed by atoms with E-state index in [-0.39, 0.29) is 24.3 Å². The van der Waals surface area contributed by atoms with Crippen molar-refractivity contribution in [3.05, 3.63) is 107 Å². The summed E-state index contributed by atoms with van der Waals surface area (Å²) in [6.07, 6.45) is 2.76. The molecule has 1 aromatic heterocycles. The number of aryl methyl sites for hydroxylation is 1. The van der Waals surface area contributed by atoms with Gasteiger partial charge < -0.3 is 14.8 Å².